The highest BCUT2D eigenvalue weighted by Crippen LogP contribution is 2.22. The number of methoxy groups -OCH3 is 1. The van der Waals surface area contributed by atoms with Crippen molar-refractivity contribution in [1.29, 1.82) is 0 Å². The standard InChI is InChI=1S/C22H29FN2O2/c1-17-5-3-4-6-18(17)15-25-11-10-24(16-20(25)9-12-26)14-19-13-21(27-2)7-8-22(19)23/h3-8,13,20,26H,9-12,14-16H2,1-2H3/t20-/m1/s1. The number of rotatable bonds is 7. The summed E-state index contributed by atoms with van der Waals surface area (Å²) in [7, 11) is 1.60. The number of aliphatic hydroxyl groups excluding tert-OH is 1. The van der Waals surface area contributed by atoms with Crippen LogP contribution in [0.3, 0.4) is 0 Å². The Balaban J connectivity index is 1.68. The normalized spacial score (nSPS) is 18.6. The van der Waals surface area contributed by atoms with Crippen LogP contribution in [-0.4, -0.2) is 54.3 Å². The van der Waals surface area contributed by atoms with E-state index >= 15 is 0 Å². The molecule has 0 unspecified atom stereocenters. The molecule has 1 aliphatic heterocycles. The Morgan fingerprint density at radius 2 is 1.93 bits per heavy atom. The van der Waals surface area contributed by atoms with Gasteiger partial charge < -0.3 is 9.84 Å². The van der Waals surface area contributed by atoms with Gasteiger partial charge in [0.25, 0.3) is 0 Å². The fraction of sp³-hybridized carbons (Fsp3) is 0.455. The number of ether oxygens (including phenoxy) is 1. The minimum absolute atomic E-state index is 0.163. The Morgan fingerprint density at radius 3 is 2.67 bits per heavy atom. The van der Waals surface area contributed by atoms with Crippen molar-refractivity contribution < 1.29 is 14.2 Å². The summed E-state index contributed by atoms with van der Waals surface area (Å²) in [6.45, 7) is 6.36. The molecule has 5 heteroatoms. The van der Waals surface area contributed by atoms with Crippen molar-refractivity contribution in [2.24, 2.45) is 0 Å². The van der Waals surface area contributed by atoms with Crippen LogP contribution in [0.25, 0.3) is 0 Å². The van der Waals surface area contributed by atoms with E-state index in [2.05, 4.69) is 41.0 Å². The minimum Gasteiger partial charge on any atom is -0.497 e. The van der Waals surface area contributed by atoms with Gasteiger partial charge >= 0.3 is 0 Å². The summed E-state index contributed by atoms with van der Waals surface area (Å²) in [6, 6.07) is 13.6. The third-order valence-corrected chi connectivity index (χ3v) is 5.43. The van der Waals surface area contributed by atoms with Crippen molar-refractivity contribution >= 4 is 0 Å². The molecule has 146 valence electrons. The third kappa shape index (κ3) is 5.06. The summed E-state index contributed by atoms with van der Waals surface area (Å²) < 4.78 is 19.4. The first-order valence-electron chi connectivity index (χ1n) is 9.55. The zero-order chi connectivity index (χ0) is 19.2. The molecule has 1 aliphatic rings. The number of piperazine rings is 1. The molecule has 2 aromatic carbocycles. The summed E-state index contributed by atoms with van der Waals surface area (Å²) in [5, 5.41) is 9.52. The van der Waals surface area contributed by atoms with Crippen molar-refractivity contribution in [2.45, 2.75) is 32.5 Å². The van der Waals surface area contributed by atoms with Crippen LogP contribution in [0.1, 0.15) is 23.1 Å². The molecule has 0 aliphatic carbocycles. The van der Waals surface area contributed by atoms with Crippen LogP contribution in [0.2, 0.25) is 0 Å². The fourth-order valence-corrected chi connectivity index (χ4v) is 3.78. The maximum Gasteiger partial charge on any atom is 0.127 e. The van der Waals surface area contributed by atoms with E-state index in [9.17, 15) is 9.50 Å². The number of halogens is 1. The van der Waals surface area contributed by atoms with Gasteiger partial charge in [-0.25, -0.2) is 4.39 Å². The third-order valence-electron chi connectivity index (χ3n) is 5.43. The fourth-order valence-electron chi connectivity index (χ4n) is 3.78. The molecule has 3 rings (SSSR count). The van der Waals surface area contributed by atoms with Gasteiger partial charge in [0.05, 0.1) is 7.11 Å². The summed E-state index contributed by atoms with van der Waals surface area (Å²) in [5.41, 5.74) is 3.28. The molecule has 0 spiro atoms. The molecular formula is C22H29FN2O2. The number of hydrogen-bond donors (Lipinski definition) is 1. The first kappa shape index (κ1) is 19.8. The van der Waals surface area contributed by atoms with E-state index < -0.39 is 0 Å². The van der Waals surface area contributed by atoms with Crippen molar-refractivity contribution in [3.63, 3.8) is 0 Å². The van der Waals surface area contributed by atoms with Crippen LogP contribution in [0.4, 0.5) is 4.39 Å². The Labute approximate surface area is 161 Å². The van der Waals surface area contributed by atoms with Gasteiger partial charge in [-0.15, -0.1) is 0 Å². The second-order valence-corrected chi connectivity index (χ2v) is 7.26. The molecule has 27 heavy (non-hydrogen) atoms. The highest BCUT2D eigenvalue weighted by Gasteiger charge is 2.27. The molecule has 1 fully saturated rings. The van der Waals surface area contributed by atoms with E-state index in [-0.39, 0.29) is 18.5 Å². The molecule has 1 saturated heterocycles. The maximum absolute atomic E-state index is 14.2. The Hall–Kier alpha value is -1.95. The van der Waals surface area contributed by atoms with Gasteiger partial charge in [0, 0.05) is 50.9 Å². The molecule has 2 aromatic rings. The van der Waals surface area contributed by atoms with Gasteiger partial charge in [-0.05, 0) is 42.7 Å². The van der Waals surface area contributed by atoms with Gasteiger partial charge in [-0.3, -0.25) is 9.80 Å². The van der Waals surface area contributed by atoms with Crippen LogP contribution in [-0.2, 0) is 13.1 Å². The minimum atomic E-state index is -0.197. The second kappa shape index (κ2) is 9.31. The monoisotopic (exact) mass is 372 g/mol. The molecular weight excluding hydrogens is 343 g/mol. The lowest BCUT2D eigenvalue weighted by Gasteiger charge is -2.41. The molecule has 4 nitrogen and oxygen atoms in total. The van der Waals surface area contributed by atoms with Crippen LogP contribution in [0, 0.1) is 12.7 Å². The topological polar surface area (TPSA) is 35.9 Å². The summed E-state index contributed by atoms with van der Waals surface area (Å²) in [5.74, 6) is 0.480. The smallest absolute Gasteiger partial charge is 0.127 e. The lowest BCUT2D eigenvalue weighted by Crippen LogP contribution is -2.52. The summed E-state index contributed by atoms with van der Waals surface area (Å²) in [4.78, 5) is 4.71. The van der Waals surface area contributed by atoms with E-state index in [1.165, 1.54) is 17.2 Å². The van der Waals surface area contributed by atoms with Crippen LogP contribution < -0.4 is 4.74 Å². The van der Waals surface area contributed by atoms with Crippen molar-refractivity contribution in [1.82, 2.24) is 9.80 Å². The van der Waals surface area contributed by atoms with E-state index in [0.717, 1.165) is 32.6 Å². The average Bonchev–Trinajstić information content (AvgIpc) is 2.67. The largest absolute Gasteiger partial charge is 0.497 e. The average molecular weight is 372 g/mol. The molecule has 0 saturated carbocycles. The number of hydrogen-bond acceptors (Lipinski definition) is 4. The number of aliphatic hydroxyl groups is 1. The van der Waals surface area contributed by atoms with Crippen LogP contribution >= 0.6 is 0 Å². The zero-order valence-corrected chi connectivity index (χ0v) is 16.2. The summed E-state index contributed by atoms with van der Waals surface area (Å²) >= 11 is 0. The lowest BCUT2D eigenvalue weighted by atomic mass is 10.0. The first-order valence-corrected chi connectivity index (χ1v) is 9.55. The number of aryl methyl sites for hydroxylation is 1. The van der Waals surface area contributed by atoms with Crippen molar-refractivity contribution in [2.75, 3.05) is 33.4 Å². The first-order chi connectivity index (χ1) is 13.1. The Bertz CT molecular complexity index is 753. The van der Waals surface area contributed by atoms with Crippen LogP contribution in [0.15, 0.2) is 42.5 Å². The van der Waals surface area contributed by atoms with Gasteiger partial charge in [-0.2, -0.15) is 0 Å². The van der Waals surface area contributed by atoms with E-state index in [4.69, 9.17) is 4.74 Å². The highest BCUT2D eigenvalue weighted by molar-refractivity contribution is 5.30. The summed E-state index contributed by atoms with van der Waals surface area (Å²) in [6.07, 6.45) is 0.725. The Kier molecular flexibility index (Phi) is 6.83. The maximum atomic E-state index is 14.2. The Morgan fingerprint density at radius 1 is 1.11 bits per heavy atom. The number of nitrogens with zero attached hydrogens (tertiary/aromatic N) is 2. The molecule has 1 N–H and O–H groups in total. The molecule has 0 bridgehead atoms. The molecule has 1 heterocycles. The second-order valence-electron chi connectivity index (χ2n) is 7.26. The van der Waals surface area contributed by atoms with Gasteiger partial charge in [0.1, 0.15) is 11.6 Å². The predicted octanol–water partition coefficient (Wildman–Crippen LogP) is 3.21. The highest BCUT2D eigenvalue weighted by atomic mass is 19.1. The van der Waals surface area contributed by atoms with Crippen molar-refractivity contribution in [3.05, 3.63) is 65.0 Å². The SMILES string of the molecule is COc1ccc(F)c(CN2CCN(Cc3ccccc3C)[C@H](CCO)C2)c1. The van der Waals surface area contributed by atoms with E-state index in [0.29, 0.717) is 17.9 Å². The number of benzene rings is 2. The van der Waals surface area contributed by atoms with Crippen LogP contribution in [0.5, 0.6) is 5.75 Å². The molecule has 0 aromatic heterocycles. The zero-order valence-electron chi connectivity index (χ0n) is 16.2. The molecule has 1 atom stereocenters. The quantitative estimate of drug-likeness (QED) is 0.810. The van der Waals surface area contributed by atoms with Gasteiger partial charge in [-0.1, -0.05) is 24.3 Å². The molecule has 0 amide bonds. The van der Waals surface area contributed by atoms with E-state index in [1.54, 1.807) is 19.2 Å². The molecule has 0 radical (unpaired) electrons. The van der Waals surface area contributed by atoms with E-state index in [1.807, 2.05) is 0 Å². The van der Waals surface area contributed by atoms with Crippen molar-refractivity contribution in [3.8, 4) is 5.75 Å². The van der Waals surface area contributed by atoms with Gasteiger partial charge in [0.2, 0.25) is 0 Å². The lowest BCUT2D eigenvalue weighted by molar-refractivity contribution is 0.0493. The van der Waals surface area contributed by atoms with Gasteiger partial charge in [0.15, 0.2) is 0 Å². The predicted molar refractivity (Wildman–Crippen MR) is 105 cm³/mol.